The molecule has 0 amide bonds. The van der Waals surface area contributed by atoms with Crippen molar-refractivity contribution in [2.24, 2.45) is 5.92 Å². The van der Waals surface area contributed by atoms with E-state index in [0.717, 1.165) is 12.8 Å². The molecule has 7 heteroatoms. The minimum atomic E-state index is -3.16. The van der Waals surface area contributed by atoms with Crippen LogP contribution in [-0.2, 0) is 10.0 Å². The highest BCUT2D eigenvalue weighted by atomic mass is 32.2. The van der Waals surface area contributed by atoms with Gasteiger partial charge in [0, 0.05) is 25.2 Å². The second-order valence-electron chi connectivity index (χ2n) is 4.73. The summed E-state index contributed by atoms with van der Waals surface area (Å²) in [6.07, 6.45) is 4.25. The van der Waals surface area contributed by atoms with Gasteiger partial charge in [-0.2, -0.15) is 4.39 Å². The Morgan fingerprint density at radius 2 is 2.37 bits per heavy atom. The van der Waals surface area contributed by atoms with Crippen molar-refractivity contribution in [3.63, 3.8) is 0 Å². The maximum absolute atomic E-state index is 13.3. The highest BCUT2D eigenvalue weighted by molar-refractivity contribution is 7.88. The standard InChI is InChI=1S/C12H17FN2O3S/c1-19(16,17)15-7-3-4-10(8-15)9-18-11-5-2-6-14-12(11)13/h2,5-6,10H,3-4,7-9H2,1H3. The first-order valence-electron chi connectivity index (χ1n) is 6.15. The molecular formula is C12H17FN2O3S. The van der Waals surface area contributed by atoms with Crippen LogP contribution in [0.25, 0.3) is 0 Å². The number of ether oxygens (including phenoxy) is 1. The van der Waals surface area contributed by atoms with E-state index >= 15 is 0 Å². The summed E-state index contributed by atoms with van der Waals surface area (Å²) in [5.74, 6) is -0.444. The molecule has 1 aromatic rings. The van der Waals surface area contributed by atoms with E-state index in [9.17, 15) is 12.8 Å². The van der Waals surface area contributed by atoms with Gasteiger partial charge in [-0.15, -0.1) is 0 Å². The van der Waals surface area contributed by atoms with Crippen molar-refractivity contribution in [1.82, 2.24) is 9.29 Å². The van der Waals surface area contributed by atoms with Gasteiger partial charge in [-0.25, -0.2) is 17.7 Å². The van der Waals surface area contributed by atoms with Gasteiger partial charge in [-0.05, 0) is 25.0 Å². The second-order valence-corrected chi connectivity index (χ2v) is 6.72. The van der Waals surface area contributed by atoms with Gasteiger partial charge >= 0.3 is 0 Å². The molecular weight excluding hydrogens is 271 g/mol. The van der Waals surface area contributed by atoms with Gasteiger partial charge < -0.3 is 4.74 Å². The molecule has 1 aliphatic heterocycles. The summed E-state index contributed by atoms with van der Waals surface area (Å²) in [6, 6.07) is 3.11. The molecule has 1 aliphatic rings. The van der Waals surface area contributed by atoms with Gasteiger partial charge in [-0.3, -0.25) is 0 Å². The predicted molar refractivity (Wildman–Crippen MR) is 68.8 cm³/mol. The zero-order valence-electron chi connectivity index (χ0n) is 10.8. The van der Waals surface area contributed by atoms with Crippen LogP contribution in [-0.4, -0.2) is 43.7 Å². The molecule has 5 nitrogen and oxygen atoms in total. The summed E-state index contributed by atoms with van der Waals surface area (Å²) in [4.78, 5) is 3.50. The predicted octanol–water partition coefficient (Wildman–Crippen LogP) is 1.27. The lowest BCUT2D eigenvalue weighted by Gasteiger charge is -2.30. The maximum atomic E-state index is 13.3. The van der Waals surface area contributed by atoms with Crippen LogP contribution in [0.4, 0.5) is 4.39 Å². The average molecular weight is 288 g/mol. The van der Waals surface area contributed by atoms with Crippen molar-refractivity contribution >= 4 is 10.0 Å². The number of hydrogen-bond donors (Lipinski definition) is 0. The van der Waals surface area contributed by atoms with Crippen molar-refractivity contribution in [1.29, 1.82) is 0 Å². The lowest BCUT2D eigenvalue weighted by atomic mass is 10.0. The molecule has 1 atom stereocenters. The Labute approximate surface area is 112 Å². The van der Waals surface area contributed by atoms with E-state index in [2.05, 4.69) is 4.98 Å². The molecule has 1 saturated heterocycles. The first kappa shape index (κ1) is 14.2. The molecule has 0 radical (unpaired) electrons. The topological polar surface area (TPSA) is 59.5 Å². The van der Waals surface area contributed by atoms with Gasteiger partial charge in [0.05, 0.1) is 12.9 Å². The number of rotatable bonds is 4. The summed E-state index contributed by atoms with van der Waals surface area (Å²) >= 11 is 0. The van der Waals surface area contributed by atoms with E-state index in [1.54, 1.807) is 6.07 Å². The monoisotopic (exact) mass is 288 g/mol. The minimum absolute atomic E-state index is 0.0862. The van der Waals surface area contributed by atoms with Crippen LogP contribution < -0.4 is 4.74 Å². The Bertz CT molecular complexity index is 536. The van der Waals surface area contributed by atoms with Crippen molar-refractivity contribution < 1.29 is 17.5 Å². The number of hydrogen-bond acceptors (Lipinski definition) is 4. The number of nitrogens with zero attached hydrogens (tertiary/aromatic N) is 2. The zero-order chi connectivity index (χ0) is 13.9. The molecule has 0 N–H and O–H groups in total. The van der Waals surface area contributed by atoms with Crippen LogP contribution in [0.1, 0.15) is 12.8 Å². The normalized spacial score (nSPS) is 21.3. The third-order valence-electron chi connectivity index (χ3n) is 3.15. The fraction of sp³-hybridized carbons (Fsp3) is 0.583. The average Bonchev–Trinajstić information content (AvgIpc) is 2.37. The number of piperidine rings is 1. The summed E-state index contributed by atoms with van der Waals surface area (Å²) in [6.45, 7) is 1.28. The molecule has 106 valence electrons. The Hall–Kier alpha value is -1.21. The molecule has 1 fully saturated rings. The molecule has 1 aromatic heterocycles. The summed E-state index contributed by atoms with van der Waals surface area (Å²) in [5.41, 5.74) is 0. The van der Waals surface area contributed by atoms with Gasteiger partial charge in [0.2, 0.25) is 10.0 Å². The Morgan fingerprint density at radius 1 is 1.58 bits per heavy atom. The Balaban J connectivity index is 1.92. The van der Waals surface area contributed by atoms with Crippen LogP contribution in [0, 0.1) is 11.9 Å². The largest absolute Gasteiger partial charge is 0.488 e. The molecule has 1 unspecified atom stereocenters. The summed E-state index contributed by atoms with van der Waals surface area (Å²) in [7, 11) is -3.16. The van der Waals surface area contributed by atoms with E-state index in [1.807, 2.05) is 0 Å². The molecule has 2 heterocycles. The van der Waals surface area contributed by atoms with Crippen LogP contribution >= 0.6 is 0 Å². The van der Waals surface area contributed by atoms with Crippen LogP contribution in [0.2, 0.25) is 0 Å². The second kappa shape index (κ2) is 5.83. The summed E-state index contributed by atoms with van der Waals surface area (Å²) < 4.78 is 43.0. The smallest absolute Gasteiger partial charge is 0.255 e. The molecule has 0 bridgehead atoms. The van der Waals surface area contributed by atoms with E-state index < -0.39 is 16.0 Å². The highest BCUT2D eigenvalue weighted by Gasteiger charge is 2.26. The lowest BCUT2D eigenvalue weighted by molar-refractivity contribution is 0.175. The number of aromatic nitrogens is 1. The highest BCUT2D eigenvalue weighted by Crippen LogP contribution is 2.21. The summed E-state index contributed by atoms with van der Waals surface area (Å²) in [5, 5.41) is 0. The third kappa shape index (κ3) is 3.87. The molecule has 2 rings (SSSR count). The zero-order valence-corrected chi connectivity index (χ0v) is 11.6. The molecule has 0 aliphatic carbocycles. The molecule has 0 aromatic carbocycles. The van der Waals surface area contributed by atoms with Crippen LogP contribution in [0.5, 0.6) is 5.75 Å². The van der Waals surface area contributed by atoms with Crippen LogP contribution in [0.15, 0.2) is 18.3 Å². The fourth-order valence-electron chi connectivity index (χ4n) is 2.15. The van der Waals surface area contributed by atoms with E-state index in [0.29, 0.717) is 19.7 Å². The van der Waals surface area contributed by atoms with Crippen LogP contribution in [0.3, 0.4) is 0 Å². The molecule has 0 saturated carbocycles. The molecule has 19 heavy (non-hydrogen) atoms. The van der Waals surface area contributed by atoms with Crippen molar-refractivity contribution in [3.05, 3.63) is 24.3 Å². The minimum Gasteiger partial charge on any atom is -0.488 e. The van der Waals surface area contributed by atoms with E-state index in [-0.39, 0.29) is 11.7 Å². The number of sulfonamides is 1. The third-order valence-corrected chi connectivity index (χ3v) is 4.42. The van der Waals surface area contributed by atoms with Crippen molar-refractivity contribution in [3.8, 4) is 5.75 Å². The SMILES string of the molecule is CS(=O)(=O)N1CCCC(COc2cccnc2F)C1. The van der Waals surface area contributed by atoms with E-state index in [4.69, 9.17) is 4.74 Å². The van der Waals surface area contributed by atoms with Crippen molar-refractivity contribution in [2.75, 3.05) is 26.0 Å². The quantitative estimate of drug-likeness (QED) is 0.783. The number of pyridine rings is 1. The Morgan fingerprint density at radius 3 is 3.05 bits per heavy atom. The Kier molecular flexibility index (Phi) is 4.36. The van der Waals surface area contributed by atoms with E-state index in [1.165, 1.54) is 22.8 Å². The first-order valence-corrected chi connectivity index (χ1v) is 8.00. The fourth-order valence-corrected chi connectivity index (χ4v) is 3.09. The van der Waals surface area contributed by atoms with Gasteiger partial charge in [0.15, 0.2) is 5.75 Å². The van der Waals surface area contributed by atoms with Gasteiger partial charge in [0.25, 0.3) is 5.95 Å². The van der Waals surface area contributed by atoms with Crippen molar-refractivity contribution in [2.45, 2.75) is 12.8 Å². The van der Waals surface area contributed by atoms with Gasteiger partial charge in [-0.1, -0.05) is 0 Å². The van der Waals surface area contributed by atoms with Gasteiger partial charge in [0.1, 0.15) is 0 Å². The maximum Gasteiger partial charge on any atom is 0.255 e. The lowest BCUT2D eigenvalue weighted by Crippen LogP contribution is -2.40. The first-order chi connectivity index (χ1) is 8.97. The molecule has 0 spiro atoms. The number of halogens is 1.